The lowest BCUT2D eigenvalue weighted by atomic mass is 10.0. The highest BCUT2D eigenvalue weighted by Crippen LogP contribution is 2.23. The molecule has 0 aliphatic rings. The van der Waals surface area contributed by atoms with Gasteiger partial charge in [0.05, 0.1) is 6.54 Å². The minimum absolute atomic E-state index is 0.0107. The van der Waals surface area contributed by atoms with Crippen LogP contribution in [-0.4, -0.2) is 48.3 Å². The van der Waals surface area contributed by atoms with Crippen molar-refractivity contribution in [3.05, 3.63) is 65.2 Å². The summed E-state index contributed by atoms with van der Waals surface area (Å²) in [6.45, 7) is 9.59. The molecule has 1 atom stereocenters. The zero-order chi connectivity index (χ0) is 20.7. The average Bonchev–Trinajstić information content (AvgIpc) is 2.69. The molecular formula is C23H31N3O2. The van der Waals surface area contributed by atoms with Crippen LogP contribution in [-0.2, 0) is 9.59 Å². The number of carbonyl (C=O) groups is 2. The van der Waals surface area contributed by atoms with E-state index in [1.54, 1.807) is 7.05 Å². The summed E-state index contributed by atoms with van der Waals surface area (Å²) in [6.07, 6.45) is 0. The summed E-state index contributed by atoms with van der Waals surface area (Å²) in [7, 11) is 1.68. The molecule has 28 heavy (non-hydrogen) atoms. The number of aryl methyl sites for hydroxylation is 1. The second-order valence-electron chi connectivity index (χ2n) is 7.02. The first kappa shape index (κ1) is 21.6. The smallest absolute Gasteiger partial charge is 0.244 e. The predicted molar refractivity (Wildman–Crippen MR) is 114 cm³/mol. The maximum atomic E-state index is 13.2. The Balaban J connectivity index is 2.13. The minimum atomic E-state index is -0.394. The SMILES string of the molecule is CCN(CC)C(C(=O)N(C)CC(=O)Nc1cccc(C)c1C)c1ccccc1. The third-order valence-electron chi connectivity index (χ3n) is 5.16. The Morgan fingerprint density at radius 3 is 2.21 bits per heavy atom. The fourth-order valence-corrected chi connectivity index (χ4v) is 3.31. The van der Waals surface area contributed by atoms with Gasteiger partial charge in [-0.2, -0.15) is 0 Å². The molecule has 0 fully saturated rings. The number of benzene rings is 2. The Morgan fingerprint density at radius 2 is 1.61 bits per heavy atom. The van der Waals surface area contributed by atoms with E-state index in [1.807, 2.05) is 76.2 Å². The highest BCUT2D eigenvalue weighted by Gasteiger charge is 2.29. The van der Waals surface area contributed by atoms with Crippen molar-refractivity contribution < 1.29 is 9.59 Å². The van der Waals surface area contributed by atoms with Crippen molar-refractivity contribution in [1.82, 2.24) is 9.80 Å². The normalized spacial score (nSPS) is 11.9. The summed E-state index contributed by atoms with van der Waals surface area (Å²) in [5.41, 5.74) is 3.88. The summed E-state index contributed by atoms with van der Waals surface area (Å²) in [5, 5.41) is 2.93. The second kappa shape index (κ2) is 10.0. The van der Waals surface area contributed by atoms with Crippen molar-refractivity contribution in [2.45, 2.75) is 33.7 Å². The van der Waals surface area contributed by atoms with Gasteiger partial charge in [0.1, 0.15) is 6.04 Å². The van der Waals surface area contributed by atoms with Crippen molar-refractivity contribution in [3.8, 4) is 0 Å². The molecule has 2 aromatic carbocycles. The van der Waals surface area contributed by atoms with Crippen LogP contribution in [0.1, 0.15) is 36.6 Å². The molecule has 1 unspecified atom stereocenters. The Morgan fingerprint density at radius 1 is 0.964 bits per heavy atom. The largest absolute Gasteiger partial charge is 0.335 e. The van der Waals surface area contributed by atoms with Crippen LogP contribution in [0.15, 0.2) is 48.5 Å². The molecule has 0 aliphatic carbocycles. The number of nitrogens with one attached hydrogen (secondary N) is 1. The van der Waals surface area contributed by atoms with Crippen LogP contribution in [0.5, 0.6) is 0 Å². The predicted octanol–water partition coefficient (Wildman–Crippen LogP) is 3.78. The van der Waals surface area contributed by atoms with E-state index in [-0.39, 0.29) is 18.4 Å². The maximum absolute atomic E-state index is 13.2. The second-order valence-corrected chi connectivity index (χ2v) is 7.02. The van der Waals surface area contributed by atoms with Crippen LogP contribution in [0.4, 0.5) is 5.69 Å². The molecule has 0 saturated heterocycles. The summed E-state index contributed by atoms with van der Waals surface area (Å²) < 4.78 is 0. The standard InChI is InChI=1S/C23H31N3O2/c1-6-26(7-2)22(19-13-9-8-10-14-19)23(28)25(5)16-21(27)24-20-15-11-12-17(3)18(20)4/h8-15,22H,6-7,16H2,1-5H3,(H,24,27). The van der Waals surface area contributed by atoms with Crippen LogP contribution >= 0.6 is 0 Å². The molecule has 0 spiro atoms. The molecule has 0 saturated carbocycles. The number of anilines is 1. The summed E-state index contributed by atoms with van der Waals surface area (Å²) in [4.78, 5) is 29.4. The average molecular weight is 382 g/mol. The fourth-order valence-electron chi connectivity index (χ4n) is 3.31. The van der Waals surface area contributed by atoms with Gasteiger partial charge >= 0.3 is 0 Å². The first-order valence-electron chi connectivity index (χ1n) is 9.79. The molecule has 0 radical (unpaired) electrons. The minimum Gasteiger partial charge on any atom is -0.335 e. The molecule has 2 amide bonds. The topological polar surface area (TPSA) is 52.7 Å². The van der Waals surface area contributed by atoms with Crippen molar-refractivity contribution >= 4 is 17.5 Å². The Kier molecular flexibility index (Phi) is 7.76. The molecule has 2 aromatic rings. The van der Waals surface area contributed by atoms with E-state index in [2.05, 4.69) is 10.2 Å². The monoisotopic (exact) mass is 381 g/mol. The molecule has 1 N–H and O–H groups in total. The van der Waals surface area contributed by atoms with Crippen LogP contribution in [0, 0.1) is 13.8 Å². The fraction of sp³-hybridized carbons (Fsp3) is 0.391. The lowest BCUT2D eigenvalue weighted by Crippen LogP contribution is -2.44. The van der Waals surface area contributed by atoms with Crippen molar-refractivity contribution in [3.63, 3.8) is 0 Å². The zero-order valence-corrected chi connectivity index (χ0v) is 17.5. The quantitative estimate of drug-likeness (QED) is 0.757. The molecule has 0 heterocycles. The molecule has 0 aliphatic heterocycles. The number of nitrogens with zero attached hydrogens (tertiary/aromatic N) is 2. The molecule has 5 nitrogen and oxygen atoms in total. The van der Waals surface area contributed by atoms with Crippen LogP contribution in [0.3, 0.4) is 0 Å². The van der Waals surface area contributed by atoms with Gasteiger partial charge in [-0.15, -0.1) is 0 Å². The molecule has 150 valence electrons. The lowest BCUT2D eigenvalue weighted by Gasteiger charge is -2.32. The van der Waals surface area contributed by atoms with E-state index in [0.717, 1.165) is 35.5 Å². The van der Waals surface area contributed by atoms with Gasteiger partial charge in [0.2, 0.25) is 11.8 Å². The summed E-state index contributed by atoms with van der Waals surface area (Å²) >= 11 is 0. The van der Waals surface area contributed by atoms with E-state index in [0.29, 0.717) is 0 Å². The number of likely N-dealkylation sites (N-methyl/N-ethyl adjacent to an activating group) is 2. The van der Waals surface area contributed by atoms with E-state index in [1.165, 1.54) is 4.90 Å². The molecule has 2 rings (SSSR count). The third kappa shape index (κ3) is 5.20. The van der Waals surface area contributed by atoms with E-state index in [4.69, 9.17) is 0 Å². The van der Waals surface area contributed by atoms with Crippen molar-refractivity contribution in [1.29, 1.82) is 0 Å². The summed E-state index contributed by atoms with van der Waals surface area (Å²) in [6, 6.07) is 15.1. The number of carbonyl (C=O) groups excluding carboxylic acids is 2. The van der Waals surface area contributed by atoms with Gasteiger partial charge in [-0.05, 0) is 49.7 Å². The number of amides is 2. The van der Waals surface area contributed by atoms with Gasteiger partial charge in [0, 0.05) is 12.7 Å². The summed E-state index contributed by atoms with van der Waals surface area (Å²) in [5.74, 6) is -0.276. The molecule has 5 heteroatoms. The third-order valence-corrected chi connectivity index (χ3v) is 5.16. The van der Waals surface area contributed by atoms with Gasteiger partial charge < -0.3 is 10.2 Å². The number of hydrogen-bond acceptors (Lipinski definition) is 3. The van der Waals surface area contributed by atoms with E-state index in [9.17, 15) is 9.59 Å². The molecule has 0 bridgehead atoms. The van der Waals surface area contributed by atoms with Crippen LogP contribution < -0.4 is 5.32 Å². The van der Waals surface area contributed by atoms with Crippen LogP contribution in [0.25, 0.3) is 0 Å². The van der Waals surface area contributed by atoms with Crippen molar-refractivity contribution in [2.24, 2.45) is 0 Å². The highest BCUT2D eigenvalue weighted by atomic mass is 16.2. The van der Waals surface area contributed by atoms with Gasteiger partial charge in [-0.3, -0.25) is 14.5 Å². The maximum Gasteiger partial charge on any atom is 0.244 e. The first-order chi connectivity index (χ1) is 13.4. The molecular weight excluding hydrogens is 350 g/mol. The zero-order valence-electron chi connectivity index (χ0n) is 17.5. The Hall–Kier alpha value is -2.66. The number of rotatable bonds is 8. The Labute approximate surface area is 168 Å². The lowest BCUT2D eigenvalue weighted by molar-refractivity contribution is -0.138. The van der Waals surface area contributed by atoms with E-state index < -0.39 is 6.04 Å². The van der Waals surface area contributed by atoms with E-state index >= 15 is 0 Å². The van der Waals surface area contributed by atoms with Crippen molar-refractivity contribution in [2.75, 3.05) is 32.0 Å². The van der Waals surface area contributed by atoms with Gasteiger partial charge in [0.15, 0.2) is 0 Å². The number of hydrogen-bond donors (Lipinski definition) is 1. The molecule has 0 aromatic heterocycles. The van der Waals surface area contributed by atoms with Gasteiger partial charge in [0.25, 0.3) is 0 Å². The first-order valence-corrected chi connectivity index (χ1v) is 9.79. The Bertz CT molecular complexity index is 801. The van der Waals surface area contributed by atoms with Crippen LogP contribution in [0.2, 0.25) is 0 Å². The van der Waals surface area contributed by atoms with Gasteiger partial charge in [-0.1, -0.05) is 56.3 Å². The highest BCUT2D eigenvalue weighted by molar-refractivity contribution is 5.96. The van der Waals surface area contributed by atoms with Gasteiger partial charge in [-0.25, -0.2) is 0 Å².